The summed E-state index contributed by atoms with van der Waals surface area (Å²) >= 11 is 6.14. The monoisotopic (exact) mass is 368 g/mol. The van der Waals surface area contributed by atoms with E-state index in [4.69, 9.17) is 16.3 Å². The number of benzene rings is 1. The molecule has 0 aromatic heterocycles. The Morgan fingerprint density at radius 3 is 2.64 bits per heavy atom. The normalized spacial score (nSPS) is 21.0. The highest BCUT2D eigenvalue weighted by atomic mass is 35.5. The molecular formula is C18H25ClN2O4. The Hall–Kier alpha value is -1.79. The molecule has 1 aromatic carbocycles. The summed E-state index contributed by atoms with van der Waals surface area (Å²) in [5.74, 6) is -1.62. The zero-order chi connectivity index (χ0) is 18.6. The van der Waals surface area contributed by atoms with Crippen molar-refractivity contribution >= 4 is 23.7 Å². The molecule has 1 aliphatic rings. The van der Waals surface area contributed by atoms with Gasteiger partial charge in [0.15, 0.2) is 0 Å². The second-order valence-corrected chi connectivity index (χ2v) is 7.65. The lowest BCUT2D eigenvalue weighted by molar-refractivity contribution is -0.144. The third-order valence-electron chi connectivity index (χ3n) is 4.09. The van der Waals surface area contributed by atoms with Gasteiger partial charge in [-0.05, 0) is 38.8 Å². The largest absolute Gasteiger partial charge is 0.481 e. The number of hydrogen-bond acceptors (Lipinski definition) is 4. The van der Waals surface area contributed by atoms with Crippen LogP contribution in [0.2, 0.25) is 5.02 Å². The van der Waals surface area contributed by atoms with Crippen LogP contribution >= 0.6 is 11.6 Å². The number of nitrogens with zero attached hydrogens (tertiary/aromatic N) is 1. The second kappa shape index (κ2) is 8.06. The van der Waals surface area contributed by atoms with Crippen LogP contribution in [-0.2, 0) is 16.1 Å². The van der Waals surface area contributed by atoms with Crippen molar-refractivity contribution in [2.45, 2.75) is 45.4 Å². The lowest BCUT2D eigenvalue weighted by atomic mass is 9.92. The smallest absolute Gasteiger partial charge is 0.410 e. The number of nitrogens with one attached hydrogen (secondary N) is 1. The first-order valence-corrected chi connectivity index (χ1v) is 8.72. The molecule has 2 N–H and O–H groups in total. The Labute approximate surface area is 153 Å². The maximum atomic E-state index is 12.2. The Morgan fingerprint density at radius 1 is 1.36 bits per heavy atom. The van der Waals surface area contributed by atoms with E-state index in [2.05, 4.69) is 5.32 Å². The number of amides is 1. The van der Waals surface area contributed by atoms with Gasteiger partial charge in [-0.3, -0.25) is 4.79 Å². The van der Waals surface area contributed by atoms with E-state index < -0.39 is 23.6 Å². The second-order valence-electron chi connectivity index (χ2n) is 7.24. The molecule has 2 atom stereocenters. The number of hydrogen-bond donors (Lipinski definition) is 2. The highest BCUT2D eigenvalue weighted by molar-refractivity contribution is 6.31. The number of likely N-dealkylation sites (tertiary alicyclic amines) is 1. The van der Waals surface area contributed by atoms with Crippen molar-refractivity contribution in [3.05, 3.63) is 34.9 Å². The molecule has 138 valence electrons. The summed E-state index contributed by atoms with van der Waals surface area (Å²) in [5, 5.41) is 13.5. The number of carboxylic acid groups (broad SMARTS) is 1. The van der Waals surface area contributed by atoms with Gasteiger partial charge in [0.2, 0.25) is 0 Å². The molecule has 25 heavy (non-hydrogen) atoms. The third kappa shape index (κ3) is 5.61. The van der Waals surface area contributed by atoms with Gasteiger partial charge in [0.05, 0.1) is 5.92 Å². The molecule has 0 unspecified atom stereocenters. The predicted octanol–water partition coefficient (Wildman–Crippen LogP) is 3.14. The molecule has 0 aliphatic carbocycles. The van der Waals surface area contributed by atoms with E-state index in [0.717, 1.165) is 5.56 Å². The van der Waals surface area contributed by atoms with Crippen molar-refractivity contribution < 1.29 is 19.4 Å². The number of carbonyl (C=O) groups is 2. The van der Waals surface area contributed by atoms with Crippen LogP contribution < -0.4 is 5.32 Å². The van der Waals surface area contributed by atoms with Crippen molar-refractivity contribution in [1.82, 2.24) is 10.2 Å². The minimum atomic E-state index is -0.926. The summed E-state index contributed by atoms with van der Waals surface area (Å²) in [6, 6.07) is 7.22. The molecule has 1 aliphatic heterocycles. The summed E-state index contributed by atoms with van der Waals surface area (Å²) in [6.07, 6.45) is 0.0732. The van der Waals surface area contributed by atoms with Gasteiger partial charge in [-0.1, -0.05) is 29.8 Å². The van der Waals surface area contributed by atoms with Crippen LogP contribution in [0.15, 0.2) is 24.3 Å². The van der Waals surface area contributed by atoms with Crippen LogP contribution in [0.4, 0.5) is 4.79 Å². The lowest BCUT2D eigenvalue weighted by Crippen LogP contribution is -2.54. The van der Waals surface area contributed by atoms with Gasteiger partial charge < -0.3 is 20.1 Å². The van der Waals surface area contributed by atoms with Crippen molar-refractivity contribution in [2.24, 2.45) is 5.92 Å². The maximum absolute atomic E-state index is 12.2. The standard InChI is InChI=1S/C18H25ClN2O4/c1-18(2,3)25-17(24)21-9-8-15(13(11-21)16(22)23)20-10-12-6-4-5-7-14(12)19/h4-7,13,15,20H,8-11H2,1-3H3,(H,22,23)/t13-,15+/m1/s1. The molecule has 6 nitrogen and oxygen atoms in total. The highest BCUT2D eigenvalue weighted by Crippen LogP contribution is 2.22. The number of piperidine rings is 1. The first-order chi connectivity index (χ1) is 11.7. The van der Waals surface area contributed by atoms with Gasteiger partial charge in [-0.25, -0.2) is 4.79 Å². The van der Waals surface area contributed by atoms with E-state index >= 15 is 0 Å². The number of halogens is 1. The lowest BCUT2D eigenvalue weighted by Gasteiger charge is -2.37. The fourth-order valence-electron chi connectivity index (χ4n) is 2.82. The summed E-state index contributed by atoms with van der Waals surface area (Å²) < 4.78 is 5.34. The van der Waals surface area contributed by atoms with Crippen molar-refractivity contribution in [1.29, 1.82) is 0 Å². The van der Waals surface area contributed by atoms with Gasteiger partial charge >= 0.3 is 12.1 Å². The highest BCUT2D eigenvalue weighted by Gasteiger charge is 2.37. The number of rotatable bonds is 4. The average Bonchev–Trinajstić information content (AvgIpc) is 2.52. The predicted molar refractivity (Wildman–Crippen MR) is 95.6 cm³/mol. The zero-order valence-electron chi connectivity index (χ0n) is 14.8. The number of aliphatic carboxylic acids is 1. The van der Waals surface area contributed by atoms with E-state index in [9.17, 15) is 14.7 Å². The Bertz CT molecular complexity index is 630. The van der Waals surface area contributed by atoms with E-state index in [0.29, 0.717) is 24.5 Å². The fourth-order valence-corrected chi connectivity index (χ4v) is 3.02. The van der Waals surface area contributed by atoms with E-state index in [1.54, 1.807) is 26.8 Å². The Balaban J connectivity index is 1.98. The van der Waals surface area contributed by atoms with Gasteiger partial charge in [0.25, 0.3) is 0 Å². The van der Waals surface area contributed by atoms with Gasteiger partial charge in [-0.2, -0.15) is 0 Å². The van der Waals surface area contributed by atoms with Crippen molar-refractivity contribution in [3.8, 4) is 0 Å². The average molecular weight is 369 g/mol. The van der Waals surface area contributed by atoms with Crippen molar-refractivity contribution in [2.75, 3.05) is 13.1 Å². The van der Waals surface area contributed by atoms with Crippen LogP contribution in [0.5, 0.6) is 0 Å². The number of carbonyl (C=O) groups excluding carboxylic acids is 1. The topological polar surface area (TPSA) is 78.9 Å². The molecule has 1 saturated heterocycles. The summed E-state index contributed by atoms with van der Waals surface area (Å²) in [4.78, 5) is 25.3. The van der Waals surface area contributed by atoms with Crippen LogP contribution in [-0.4, -0.2) is 46.8 Å². The number of ether oxygens (including phenoxy) is 1. The molecule has 7 heteroatoms. The molecule has 1 amide bonds. The van der Waals surface area contributed by atoms with Gasteiger partial charge in [0, 0.05) is 30.7 Å². The molecule has 0 saturated carbocycles. The minimum Gasteiger partial charge on any atom is -0.481 e. The van der Waals surface area contributed by atoms with Gasteiger partial charge in [0.1, 0.15) is 5.60 Å². The molecule has 2 rings (SSSR count). The third-order valence-corrected chi connectivity index (χ3v) is 4.46. The molecule has 0 radical (unpaired) electrons. The molecule has 1 heterocycles. The first-order valence-electron chi connectivity index (χ1n) is 8.35. The Kier molecular flexibility index (Phi) is 6.30. The van der Waals surface area contributed by atoms with Crippen LogP contribution in [0.1, 0.15) is 32.8 Å². The quantitative estimate of drug-likeness (QED) is 0.853. The van der Waals surface area contributed by atoms with Crippen LogP contribution in [0.25, 0.3) is 0 Å². The van der Waals surface area contributed by atoms with Crippen LogP contribution in [0, 0.1) is 5.92 Å². The fraction of sp³-hybridized carbons (Fsp3) is 0.556. The molecule has 1 aromatic rings. The van der Waals surface area contributed by atoms with E-state index in [-0.39, 0.29) is 12.6 Å². The summed E-state index contributed by atoms with van der Waals surface area (Å²) in [5.41, 5.74) is 0.317. The number of carboxylic acids is 1. The maximum Gasteiger partial charge on any atom is 0.410 e. The summed E-state index contributed by atoms with van der Waals surface area (Å²) in [6.45, 7) is 6.44. The Morgan fingerprint density at radius 2 is 2.04 bits per heavy atom. The van der Waals surface area contributed by atoms with Gasteiger partial charge in [-0.15, -0.1) is 0 Å². The van der Waals surface area contributed by atoms with Crippen molar-refractivity contribution in [3.63, 3.8) is 0 Å². The van der Waals surface area contributed by atoms with E-state index in [1.807, 2.05) is 18.2 Å². The molecule has 0 bridgehead atoms. The molecular weight excluding hydrogens is 344 g/mol. The van der Waals surface area contributed by atoms with Crippen LogP contribution in [0.3, 0.4) is 0 Å². The molecule has 1 fully saturated rings. The molecule has 0 spiro atoms. The summed E-state index contributed by atoms with van der Waals surface area (Å²) in [7, 11) is 0. The first kappa shape index (κ1) is 19.5. The SMILES string of the molecule is CC(C)(C)OC(=O)N1CC[C@H](NCc2ccccc2Cl)[C@H](C(=O)O)C1. The zero-order valence-corrected chi connectivity index (χ0v) is 15.5. The van der Waals surface area contributed by atoms with E-state index in [1.165, 1.54) is 4.90 Å². The minimum absolute atomic E-state index is 0.129.